The van der Waals surface area contributed by atoms with Gasteiger partial charge < -0.3 is 4.90 Å². The molecule has 25 heavy (non-hydrogen) atoms. The van der Waals surface area contributed by atoms with E-state index in [1.54, 1.807) is 17.3 Å². The van der Waals surface area contributed by atoms with Gasteiger partial charge >= 0.3 is 0 Å². The highest BCUT2D eigenvalue weighted by molar-refractivity contribution is 5.90. The Balaban J connectivity index is 1.56. The topological polar surface area (TPSA) is 75.2 Å². The van der Waals surface area contributed by atoms with Gasteiger partial charge in [0.25, 0.3) is 0 Å². The monoisotopic (exact) mass is 338 g/mol. The Bertz CT molecular complexity index is 731. The third-order valence-electron chi connectivity index (χ3n) is 4.38. The number of nitrogens with zero attached hydrogens (tertiary/aromatic N) is 3. The van der Waals surface area contributed by atoms with E-state index in [9.17, 15) is 9.59 Å². The van der Waals surface area contributed by atoms with Gasteiger partial charge in [0, 0.05) is 43.4 Å². The van der Waals surface area contributed by atoms with Gasteiger partial charge in [0.05, 0.1) is 0 Å². The van der Waals surface area contributed by atoms with Crippen LogP contribution in [0.3, 0.4) is 0 Å². The first-order valence-corrected chi connectivity index (χ1v) is 8.60. The summed E-state index contributed by atoms with van der Waals surface area (Å²) in [6.07, 6.45) is 6.15. The minimum Gasteiger partial charge on any atom is -0.339 e. The number of benzene rings is 1. The number of hydrogen-bond acceptors (Lipinski definition) is 4. The molecule has 2 heterocycles. The molecule has 0 radical (unpaired) electrons. The van der Waals surface area contributed by atoms with Crippen LogP contribution in [-0.4, -0.2) is 39.3 Å². The van der Waals surface area contributed by atoms with Gasteiger partial charge in [-0.3, -0.25) is 14.9 Å². The molecule has 0 unspecified atom stereocenters. The smallest absolute Gasteiger partial charge is 0.229 e. The lowest BCUT2D eigenvalue weighted by atomic mass is 10.1. The van der Waals surface area contributed by atoms with Crippen LogP contribution in [0, 0.1) is 0 Å². The molecule has 0 saturated carbocycles. The van der Waals surface area contributed by atoms with Crippen LogP contribution in [0.5, 0.6) is 0 Å². The van der Waals surface area contributed by atoms with E-state index < -0.39 is 0 Å². The number of piperidine rings is 1. The number of carbonyl (C=O) groups is 2. The van der Waals surface area contributed by atoms with E-state index in [2.05, 4.69) is 15.3 Å². The molecule has 130 valence electrons. The SMILES string of the molecule is C[C@@H](CC(=O)Nc1ncc(-c2ccccc2)cn1)N1CCCCC1=O. The average Bonchev–Trinajstić information content (AvgIpc) is 2.63. The number of nitrogens with one attached hydrogen (secondary N) is 1. The molecule has 0 aliphatic carbocycles. The Kier molecular flexibility index (Phi) is 5.38. The lowest BCUT2D eigenvalue weighted by Crippen LogP contribution is -2.43. The molecule has 1 atom stereocenters. The quantitative estimate of drug-likeness (QED) is 0.909. The van der Waals surface area contributed by atoms with Crippen molar-refractivity contribution in [3.8, 4) is 11.1 Å². The van der Waals surface area contributed by atoms with Gasteiger partial charge in [-0.15, -0.1) is 0 Å². The van der Waals surface area contributed by atoms with Crippen molar-refractivity contribution in [3.63, 3.8) is 0 Å². The van der Waals surface area contributed by atoms with Crippen LogP contribution in [0.2, 0.25) is 0 Å². The number of rotatable bonds is 5. The maximum Gasteiger partial charge on any atom is 0.229 e. The Morgan fingerprint density at radius 3 is 2.56 bits per heavy atom. The van der Waals surface area contributed by atoms with E-state index in [4.69, 9.17) is 0 Å². The molecular formula is C19H22N4O2. The summed E-state index contributed by atoms with van der Waals surface area (Å²) in [4.78, 5) is 34.3. The fraction of sp³-hybridized carbons (Fsp3) is 0.368. The van der Waals surface area contributed by atoms with E-state index >= 15 is 0 Å². The molecule has 2 aromatic rings. The van der Waals surface area contributed by atoms with Gasteiger partial charge in [-0.05, 0) is 25.3 Å². The van der Waals surface area contributed by atoms with Crippen molar-refractivity contribution in [2.75, 3.05) is 11.9 Å². The summed E-state index contributed by atoms with van der Waals surface area (Å²) >= 11 is 0. The van der Waals surface area contributed by atoms with Crippen molar-refractivity contribution >= 4 is 17.8 Å². The van der Waals surface area contributed by atoms with Gasteiger partial charge in [0.2, 0.25) is 17.8 Å². The Morgan fingerprint density at radius 1 is 1.16 bits per heavy atom. The van der Waals surface area contributed by atoms with E-state index in [1.807, 2.05) is 37.3 Å². The van der Waals surface area contributed by atoms with E-state index in [0.29, 0.717) is 6.42 Å². The van der Waals surface area contributed by atoms with E-state index in [1.165, 1.54) is 0 Å². The Labute approximate surface area is 147 Å². The second-order valence-corrected chi connectivity index (χ2v) is 6.31. The summed E-state index contributed by atoms with van der Waals surface area (Å²) in [6.45, 7) is 2.64. The molecule has 3 rings (SSSR count). The maximum atomic E-state index is 12.2. The van der Waals surface area contributed by atoms with Gasteiger partial charge in [0.15, 0.2) is 0 Å². The molecule has 1 fully saturated rings. The van der Waals surface area contributed by atoms with Gasteiger partial charge in [-0.25, -0.2) is 9.97 Å². The number of carbonyl (C=O) groups excluding carboxylic acids is 2. The van der Waals surface area contributed by atoms with E-state index in [-0.39, 0.29) is 30.2 Å². The van der Waals surface area contributed by atoms with Crippen molar-refractivity contribution in [1.82, 2.24) is 14.9 Å². The fourth-order valence-electron chi connectivity index (χ4n) is 3.02. The van der Waals surface area contributed by atoms with Crippen LogP contribution in [0.15, 0.2) is 42.7 Å². The highest BCUT2D eigenvalue weighted by Gasteiger charge is 2.24. The summed E-state index contributed by atoms with van der Waals surface area (Å²) in [5.74, 6) is 0.232. The minimum absolute atomic E-state index is 0.114. The molecule has 2 amide bonds. The maximum absolute atomic E-state index is 12.2. The number of likely N-dealkylation sites (tertiary alicyclic amines) is 1. The van der Waals surface area contributed by atoms with Crippen LogP contribution >= 0.6 is 0 Å². The predicted octanol–water partition coefficient (Wildman–Crippen LogP) is 2.87. The summed E-state index contributed by atoms with van der Waals surface area (Å²) in [7, 11) is 0. The summed E-state index contributed by atoms with van der Waals surface area (Å²) < 4.78 is 0. The van der Waals surface area contributed by atoms with Crippen LogP contribution < -0.4 is 5.32 Å². The van der Waals surface area contributed by atoms with Crippen molar-refractivity contribution in [2.45, 2.75) is 38.6 Å². The zero-order valence-electron chi connectivity index (χ0n) is 14.3. The molecule has 1 saturated heterocycles. The highest BCUT2D eigenvalue weighted by atomic mass is 16.2. The lowest BCUT2D eigenvalue weighted by molar-refractivity contribution is -0.136. The molecule has 6 nitrogen and oxygen atoms in total. The zero-order valence-corrected chi connectivity index (χ0v) is 14.3. The van der Waals surface area contributed by atoms with E-state index in [0.717, 1.165) is 30.5 Å². The highest BCUT2D eigenvalue weighted by Crippen LogP contribution is 2.18. The third kappa shape index (κ3) is 4.41. The third-order valence-corrected chi connectivity index (χ3v) is 4.38. The van der Waals surface area contributed by atoms with Crippen molar-refractivity contribution in [2.24, 2.45) is 0 Å². The number of hydrogen-bond donors (Lipinski definition) is 1. The lowest BCUT2D eigenvalue weighted by Gasteiger charge is -2.32. The molecule has 6 heteroatoms. The largest absolute Gasteiger partial charge is 0.339 e. The van der Waals surface area contributed by atoms with Gasteiger partial charge in [-0.2, -0.15) is 0 Å². The summed E-state index contributed by atoms with van der Waals surface area (Å²) in [6, 6.07) is 9.70. The molecule has 1 aromatic heterocycles. The normalized spacial score (nSPS) is 15.7. The predicted molar refractivity (Wildman–Crippen MR) is 95.7 cm³/mol. The summed E-state index contributed by atoms with van der Waals surface area (Å²) in [5.41, 5.74) is 1.92. The minimum atomic E-state index is -0.182. The first kappa shape index (κ1) is 17.1. The van der Waals surface area contributed by atoms with Gasteiger partial charge in [-0.1, -0.05) is 30.3 Å². The molecule has 1 aromatic carbocycles. The second-order valence-electron chi connectivity index (χ2n) is 6.31. The van der Waals surface area contributed by atoms with Crippen molar-refractivity contribution < 1.29 is 9.59 Å². The first-order valence-electron chi connectivity index (χ1n) is 8.60. The number of aromatic nitrogens is 2. The standard InChI is InChI=1S/C19H22N4O2/c1-14(23-10-6-5-9-18(23)25)11-17(24)22-19-20-12-16(13-21-19)15-7-3-2-4-8-15/h2-4,7-8,12-14H,5-6,9-11H2,1H3,(H,20,21,22,24)/t14-/m0/s1. The number of amides is 2. The van der Waals surface area contributed by atoms with Crippen LogP contribution in [0.4, 0.5) is 5.95 Å². The second kappa shape index (κ2) is 7.88. The van der Waals surface area contributed by atoms with Crippen LogP contribution in [-0.2, 0) is 9.59 Å². The molecule has 1 aliphatic rings. The van der Waals surface area contributed by atoms with Gasteiger partial charge in [0.1, 0.15) is 0 Å². The molecule has 1 aliphatic heterocycles. The average molecular weight is 338 g/mol. The molecule has 0 spiro atoms. The Morgan fingerprint density at radius 2 is 1.88 bits per heavy atom. The number of anilines is 1. The van der Waals surface area contributed by atoms with Crippen molar-refractivity contribution in [1.29, 1.82) is 0 Å². The Hall–Kier alpha value is -2.76. The van der Waals surface area contributed by atoms with Crippen LogP contribution in [0.1, 0.15) is 32.6 Å². The fourth-order valence-corrected chi connectivity index (χ4v) is 3.02. The molecule has 0 bridgehead atoms. The molecule has 1 N–H and O–H groups in total. The van der Waals surface area contributed by atoms with Crippen molar-refractivity contribution in [3.05, 3.63) is 42.7 Å². The summed E-state index contributed by atoms with van der Waals surface area (Å²) in [5, 5.41) is 2.71. The molecular weight excluding hydrogens is 316 g/mol. The first-order chi connectivity index (χ1) is 12.1. The zero-order chi connectivity index (χ0) is 17.6. The van der Waals surface area contributed by atoms with Crippen LogP contribution in [0.25, 0.3) is 11.1 Å².